The molecule has 0 saturated carbocycles. The van der Waals surface area contributed by atoms with Crippen LogP contribution in [0.2, 0.25) is 0 Å². The molecule has 12 aromatic carbocycles. The smallest absolute Gasteiger partial charge is 0.0755 e. The van der Waals surface area contributed by atoms with Crippen molar-refractivity contribution in [3.05, 3.63) is 307 Å². The minimum Gasteiger partial charge on any atom is -0.310 e. The molecule has 0 N–H and O–H groups in total. The first-order valence-electron chi connectivity index (χ1n) is 25.6. The minimum absolute atomic E-state index is 0.565. The van der Waals surface area contributed by atoms with E-state index in [-0.39, 0.29) is 0 Å². The summed E-state index contributed by atoms with van der Waals surface area (Å²) in [7, 11) is 0. The number of nitrogens with zero attached hydrogens (tertiary/aromatic N) is 3. The molecule has 0 fully saturated rings. The zero-order valence-electron chi connectivity index (χ0n) is 40.5. The maximum atomic E-state index is 2.52. The molecule has 74 heavy (non-hydrogen) atoms. The van der Waals surface area contributed by atoms with Gasteiger partial charge >= 0.3 is 0 Å². The Bertz CT molecular complexity index is 4280. The second-order valence-electron chi connectivity index (χ2n) is 19.6. The molecule has 3 nitrogen and oxygen atoms in total. The molecule has 1 aromatic heterocycles. The molecule has 1 unspecified atom stereocenters. The van der Waals surface area contributed by atoms with Crippen molar-refractivity contribution in [3.8, 4) is 39.1 Å². The summed E-state index contributed by atoms with van der Waals surface area (Å²) in [4.78, 5) is 4.80. The third-order valence-corrected chi connectivity index (χ3v) is 15.8. The number of hydrogen-bond donors (Lipinski definition) is 0. The van der Waals surface area contributed by atoms with Crippen LogP contribution in [0.1, 0.15) is 22.3 Å². The molecule has 0 bridgehead atoms. The molecule has 346 valence electrons. The number of anilines is 6. The lowest BCUT2D eigenvalue weighted by molar-refractivity contribution is 0.748. The Morgan fingerprint density at radius 1 is 0.284 bits per heavy atom. The Hall–Kier alpha value is -9.70. The fourth-order valence-corrected chi connectivity index (χ4v) is 12.6. The second-order valence-corrected chi connectivity index (χ2v) is 19.6. The van der Waals surface area contributed by atoms with Crippen LogP contribution >= 0.6 is 0 Å². The predicted octanol–water partition coefficient (Wildman–Crippen LogP) is 18.9. The van der Waals surface area contributed by atoms with E-state index in [0.717, 1.165) is 45.3 Å². The lowest BCUT2D eigenvalue weighted by atomic mass is 9.65. The van der Waals surface area contributed by atoms with Gasteiger partial charge in [-0.1, -0.05) is 206 Å². The van der Waals surface area contributed by atoms with Crippen LogP contribution in [0.15, 0.2) is 285 Å². The first-order chi connectivity index (χ1) is 36.7. The summed E-state index contributed by atoms with van der Waals surface area (Å²) < 4.78 is 2.52. The zero-order chi connectivity index (χ0) is 48.7. The number of aromatic nitrogens is 1. The SMILES string of the molecule is c1ccc(-c2ccc(N(c3ccc(-c4ccc(N(c5ccccc5)c5cccc6ccccc56)cc4)cc3)c3ccc4c(c3)C3(c5ccccc5-4)c4ccccc4-n4c5ccccc5c5cccc3c54)cc2)cc1. The molecule has 1 aliphatic carbocycles. The zero-order valence-corrected chi connectivity index (χ0v) is 40.5. The Morgan fingerprint density at radius 3 is 1.50 bits per heavy atom. The van der Waals surface area contributed by atoms with Gasteiger partial charge in [0.25, 0.3) is 0 Å². The summed E-state index contributed by atoms with van der Waals surface area (Å²) in [6, 6.07) is 105. The van der Waals surface area contributed by atoms with Crippen molar-refractivity contribution in [1.82, 2.24) is 4.57 Å². The van der Waals surface area contributed by atoms with Crippen molar-refractivity contribution in [3.63, 3.8) is 0 Å². The van der Waals surface area contributed by atoms with Crippen molar-refractivity contribution in [2.24, 2.45) is 0 Å². The Kier molecular flexibility index (Phi) is 9.48. The van der Waals surface area contributed by atoms with Crippen LogP contribution in [0.4, 0.5) is 34.1 Å². The van der Waals surface area contributed by atoms with E-state index in [9.17, 15) is 0 Å². The number of para-hydroxylation sites is 4. The van der Waals surface area contributed by atoms with Crippen LogP contribution < -0.4 is 9.80 Å². The van der Waals surface area contributed by atoms with Crippen molar-refractivity contribution in [2.45, 2.75) is 5.41 Å². The largest absolute Gasteiger partial charge is 0.310 e. The van der Waals surface area contributed by atoms with Gasteiger partial charge in [0, 0.05) is 44.6 Å². The van der Waals surface area contributed by atoms with Gasteiger partial charge in [-0.3, -0.25) is 0 Å². The Labute approximate surface area is 430 Å². The number of hydrogen-bond acceptors (Lipinski definition) is 2. The normalized spacial score (nSPS) is 14.0. The fraction of sp³-hybridized carbons (Fsp3) is 0.0141. The van der Waals surface area contributed by atoms with E-state index in [4.69, 9.17) is 0 Å². The number of rotatable bonds is 8. The molecule has 0 amide bonds. The van der Waals surface area contributed by atoms with E-state index in [0.29, 0.717) is 0 Å². The van der Waals surface area contributed by atoms with Crippen LogP contribution in [0.5, 0.6) is 0 Å². The van der Waals surface area contributed by atoms with Crippen LogP contribution in [-0.4, -0.2) is 4.57 Å². The van der Waals surface area contributed by atoms with Crippen molar-refractivity contribution in [2.75, 3.05) is 9.80 Å². The summed E-state index contributed by atoms with van der Waals surface area (Å²) in [6.07, 6.45) is 0. The highest BCUT2D eigenvalue weighted by atomic mass is 15.1. The first kappa shape index (κ1) is 42.0. The molecule has 13 aromatic rings. The standard InChI is InChI=1S/C71H47N3/c1-3-17-48(18-4-1)49-33-39-54(40-34-49)72(55-41-35-50(36-42-55)51-37-43-56(44-38-51)73(53-21-5-2-6-22-53)67-32-15-20-52-19-7-8-23-58(52)67)57-45-46-60-59-24-9-11-27-63(59)71(66(60)47-57)64-28-12-14-31-69(64)74-68-30-13-10-25-61(68)62-26-16-29-65(71)70(62)74/h1-47H. The van der Waals surface area contributed by atoms with Gasteiger partial charge in [0.05, 0.1) is 27.8 Å². The highest BCUT2D eigenvalue weighted by Gasteiger charge is 2.51. The molecule has 1 spiro atoms. The van der Waals surface area contributed by atoms with Crippen LogP contribution in [-0.2, 0) is 5.41 Å². The third kappa shape index (κ3) is 6.27. The van der Waals surface area contributed by atoms with Crippen LogP contribution in [0.25, 0.3) is 71.6 Å². The molecule has 3 heteroatoms. The van der Waals surface area contributed by atoms with E-state index in [2.05, 4.69) is 299 Å². The van der Waals surface area contributed by atoms with Crippen molar-refractivity contribution in [1.29, 1.82) is 0 Å². The molecule has 2 heterocycles. The van der Waals surface area contributed by atoms with Gasteiger partial charge in [-0.15, -0.1) is 0 Å². The molecular formula is C71H47N3. The average molecular weight is 942 g/mol. The lowest BCUT2D eigenvalue weighted by Crippen LogP contribution is -2.33. The molecule has 0 radical (unpaired) electrons. The highest BCUT2D eigenvalue weighted by molar-refractivity contribution is 6.13. The third-order valence-electron chi connectivity index (χ3n) is 15.8. The van der Waals surface area contributed by atoms with E-state index in [1.807, 2.05) is 0 Å². The minimum atomic E-state index is -0.565. The van der Waals surface area contributed by atoms with Gasteiger partial charge in [0.2, 0.25) is 0 Å². The van der Waals surface area contributed by atoms with Crippen LogP contribution in [0, 0.1) is 0 Å². The highest BCUT2D eigenvalue weighted by Crippen LogP contribution is 2.62. The van der Waals surface area contributed by atoms with Gasteiger partial charge in [-0.05, 0) is 140 Å². The molecule has 15 rings (SSSR count). The number of benzene rings is 12. The summed E-state index contributed by atoms with van der Waals surface area (Å²) in [5, 5.41) is 4.98. The maximum absolute atomic E-state index is 2.52. The van der Waals surface area contributed by atoms with Crippen molar-refractivity contribution >= 4 is 66.7 Å². The van der Waals surface area contributed by atoms with Gasteiger partial charge in [-0.25, -0.2) is 0 Å². The quantitative estimate of drug-likeness (QED) is 0.150. The Balaban J connectivity index is 0.875. The summed E-state index contributed by atoms with van der Waals surface area (Å²) in [5.41, 5.74) is 22.3. The van der Waals surface area contributed by atoms with E-state index in [1.165, 1.54) is 82.8 Å². The molecule has 2 aliphatic rings. The monoisotopic (exact) mass is 941 g/mol. The topological polar surface area (TPSA) is 11.4 Å². The van der Waals surface area contributed by atoms with E-state index < -0.39 is 5.41 Å². The molecule has 1 aliphatic heterocycles. The summed E-state index contributed by atoms with van der Waals surface area (Å²) in [6.45, 7) is 0. The molecule has 0 saturated heterocycles. The lowest BCUT2D eigenvalue weighted by Gasteiger charge is -2.40. The average Bonchev–Trinajstić information content (AvgIpc) is 3.97. The first-order valence-corrected chi connectivity index (χ1v) is 25.6. The summed E-state index contributed by atoms with van der Waals surface area (Å²) in [5.74, 6) is 0. The van der Waals surface area contributed by atoms with Crippen molar-refractivity contribution < 1.29 is 0 Å². The van der Waals surface area contributed by atoms with Crippen LogP contribution in [0.3, 0.4) is 0 Å². The van der Waals surface area contributed by atoms with E-state index in [1.54, 1.807) is 0 Å². The number of fused-ring (bicyclic) bond motifs is 13. The Morgan fingerprint density at radius 2 is 0.770 bits per heavy atom. The van der Waals surface area contributed by atoms with Gasteiger partial charge < -0.3 is 14.4 Å². The molecular weight excluding hydrogens is 895 g/mol. The molecule has 1 atom stereocenters. The second kappa shape index (κ2) is 16.7. The maximum Gasteiger partial charge on any atom is 0.0755 e. The van der Waals surface area contributed by atoms with Gasteiger partial charge in [0.1, 0.15) is 0 Å². The van der Waals surface area contributed by atoms with Gasteiger partial charge in [-0.2, -0.15) is 0 Å². The van der Waals surface area contributed by atoms with E-state index >= 15 is 0 Å². The predicted molar refractivity (Wildman–Crippen MR) is 309 cm³/mol. The fourth-order valence-electron chi connectivity index (χ4n) is 12.6. The van der Waals surface area contributed by atoms with Gasteiger partial charge in [0.15, 0.2) is 0 Å². The summed E-state index contributed by atoms with van der Waals surface area (Å²) >= 11 is 0.